The molecule has 5 heteroatoms. The quantitative estimate of drug-likeness (QED) is 0.411. The molecular weight excluding hydrogens is 393 g/mol. The summed E-state index contributed by atoms with van der Waals surface area (Å²) in [6.07, 6.45) is 0. The van der Waals surface area contributed by atoms with Crippen LogP contribution in [0.15, 0.2) is 77.6 Å². The third-order valence-electron chi connectivity index (χ3n) is 4.68. The molecule has 0 aliphatic heterocycles. The molecule has 0 unspecified atom stereocenters. The fourth-order valence-corrected chi connectivity index (χ4v) is 3.85. The molecule has 0 saturated heterocycles. The van der Waals surface area contributed by atoms with Crippen LogP contribution >= 0.6 is 23.2 Å². The third kappa shape index (κ3) is 3.39. The summed E-state index contributed by atoms with van der Waals surface area (Å²) in [7, 11) is 1.52. The van der Waals surface area contributed by atoms with Gasteiger partial charge in [-0.3, -0.25) is 4.79 Å². The molecule has 0 bridgehead atoms. The minimum atomic E-state index is -0.198. The van der Waals surface area contributed by atoms with Gasteiger partial charge in [0.25, 0.3) is 5.56 Å². The van der Waals surface area contributed by atoms with Crippen LogP contribution in [0.4, 0.5) is 0 Å². The molecule has 0 amide bonds. The van der Waals surface area contributed by atoms with Crippen LogP contribution in [0.5, 0.6) is 5.75 Å². The van der Waals surface area contributed by atoms with Crippen LogP contribution in [-0.2, 0) is 6.54 Å². The molecule has 140 valence electrons. The lowest BCUT2D eigenvalue weighted by molar-refractivity contribution is 0.407. The fraction of sp³-hybridized carbons (Fsp3) is 0.0870. The summed E-state index contributed by atoms with van der Waals surface area (Å²) in [5.74, 6) is 0.294. The van der Waals surface area contributed by atoms with Crippen LogP contribution < -0.4 is 10.3 Å². The second-order valence-electron chi connectivity index (χ2n) is 6.46. The van der Waals surface area contributed by atoms with Gasteiger partial charge in [0.05, 0.1) is 19.2 Å². The SMILES string of the molecule is COc1c(-c2ccccc2)c2cc(Cl)ccc2n(Cc2cccc(Cl)c2)c1=O. The second kappa shape index (κ2) is 7.70. The number of methoxy groups -OCH3 is 1. The molecule has 0 spiro atoms. The van der Waals surface area contributed by atoms with E-state index in [1.54, 1.807) is 10.6 Å². The summed E-state index contributed by atoms with van der Waals surface area (Å²) >= 11 is 12.4. The number of aromatic nitrogens is 1. The Balaban J connectivity index is 2.05. The number of nitrogens with zero attached hydrogens (tertiary/aromatic N) is 1. The lowest BCUT2D eigenvalue weighted by Crippen LogP contribution is -2.23. The predicted molar refractivity (Wildman–Crippen MR) is 116 cm³/mol. The summed E-state index contributed by atoms with van der Waals surface area (Å²) < 4.78 is 7.28. The van der Waals surface area contributed by atoms with E-state index in [-0.39, 0.29) is 5.56 Å². The zero-order valence-electron chi connectivity index (χ0n) is 15.2. The first-order chi connectivity index (χ1) is 13.6. The van der Waals surface area contributed by atoms with Gasteiger partial charge in [-0.2, -0.15) is 0 Å². The smallest absolute Gasteiger partial charge is 0.294 e. The Kier molecular flexibility index (Phi) is 5.12. The monoisotopic (exact) mass is 409 g/mol. The highest BCUT2D eigenvalue weighted by Crippen LogP contribution is 2.36. The number of hydrogen-bond acceptors (Lipinski definition) is 2. The molecule has 0 saturated carbocycles. The van der Waals surface area contributed by atoms with Gasteiger partial charge >= 0.3 is 0 Å². The average Bonchev–Trinajstić information content (AvgIpc) is 2.70. The first kappa shape index (κ1) is 18.6. The number of hydrogen-bond donors (Lipinski definition) is 0. The molecule has 1 aromatic heterocycles. The fourth-order valence-electron chi connectivity index (χ4n) is 3.46. The van der Waals surface area contributed by atoms with E-state index < -0.39 is 0 Å². The van der Waals surface area contributed by atoms with E-state index in [0.29, 0.717) is 22.3 Å². The van der Waals surface area contributed by atoms with Crippen molar-refractivity contribution in [2.45, 2.75) is 6.54 Å². The molecule has 0 atom stereocenters. The van der Waals surface area contributed by atoms with E-state index in [2.05, 4.69) is 0 Å². The maximum absolute atomic E-state index is 13.4. The van der Waals surface area contributed by atoms with Crippen LogP contribution in [0.25, 0.3) is 22.0 Å². The van der Waals surface area contributed by atoms with Gasteiger partial charge in [0, 0.05) is 21.0 Å². The maximum Gasteiger partial charge on any atom is 0.294 e. The van der Waals surface area contributed by atoms with Crippen LogP contribution in [-0.4, -0.2) is 11.7 Å². The van der Waals surface area contributed by atoms with Gasteiger partial charge in [0.2, 0.25) is 0 Å². The molecule has 1 heterocycles. The molecule has 4 aromatic rings. The summed E-state index contributed by atoms with van der Waals surface area (Å²) in [6, 6.07) is 22.7. The topological polar surface area (TPSA) is 31.2 Å². The molecule has 28 heavy (non-hydrogen) atoms. The van der Waals surface area contributed by atoms with E-state index in [1.165, 1.54) is 7.11 Å². The molecule has 0 aliphatic carbocycles. The largest absolute Gasteiger partial charge is 0.491 e. The van der Waals surface area contributed by atoms with Crippen molar-refractivity contribution in [1.82, 2.24) is 4.57 Å². The summed E-state index contributed by atoms with van der Waals surface area (Å²) in [6.45, 7) is 0.378. The Morgan fingerprint density at radius 3 is 2.36 bits per heavy atom. The second-order valence-corrected chi connectivity index (χ2v) is 7.33. The van der Waals surface area contributed by atoms with Crippen molar-refractivity contribution in [1.29, 1.82) is 0 Å². The van der Waals surface area contributed by atoms with Gasteiger partial charge < -0.3 is 9.30 Å². The Labute approximate surface area is 172 Å². The van der Waals surface area contributed by atoms with Crippen molar-refractivity contribution >= 4 is 34.1 Å². The minimum absolute atomic E-state index is 0.198. The number of ether oxygens (including phenoxy) is 1. The number of benzene rings is 3. The van der Waals surface area contributed by atoms with Gasteiger partial charge in [0.1, 0.15) is 0 Å². The van der Waals surface area contributed by atoms with Crippen LogP contribution in [0.2, 0.25) is 10.0 Å². The van der Waals surface area contributed by atoms with Gasteiger partial charge in [0.15, 0.2) is 5.75 Å². The molecule has 0 fully saturated rings. The highest BCUT2D eigenvalue weighted by Gasteiger charge is 2.19. The molecule has 0 N–H and O–H groups in total. The Bertz CT molecular complexity index is 1220. The van der Waals surface area contributed by atoms with E-state index in [9.17, 15) is 4.79 Å². The first-order valence-corrected chi connectivity index (χ1v) is 9.54. The molecule has 0 radical (unpaired) electrons. The zero-order valence-corrected chi connectivity index (χ0v) is 16.7. The number of halogens is 2. The zero-order chi connectivity index (χ0) is 19.7. The van der Waals surface area contributed by atoms with Crippen LogP contribution in [0, 0.1) is 0 Å². The molecule has 0 aliphatic rings. The van der Waals surface area contributed by atoms with Crippen molar-refractivity contribution in [2.24, 2.45) is 0 Å². The summed E-state index contributed by atoms with van der Waals surface area (Å²) in [4.78, 5) is 13.4. The lowest BCUT2D eigenvalue weighted by Gasteiger charge is -2.18. The normalized spacial score (nSPS) is 11.0. The van der Waals surface area contributed by atoms with Crippen molar-refractivity contribution in [3.63, 3.8) is 0 Å². The highest BCUT2D eigenvalue weighted by atomic mass is 35.5. The Morgan fingerprint density at radius 1 is 0.893 bits per heavy atom. The molecule has 3 nitrogen and oxygen atoms in total. The third-order valence-corrected chi connectivity index (χ3v) is 5.15. The van der Waals surface area contributed by atoms with Crippen LogP contribution in [0.1, 0.15) is 5.56 Å². The minimum Gasteiger partial charge on any atom is -0.491 e. The summed E-state index contributed by atoms with van der Waals surface area (Å²) in [5.41, 5.74) is 3.16. The van der Waals surface area contributed by atoms with E-state index >= 15 is 0 Å². The van der Waals surface area contributed by atoms with E-state index in [0.717, 1.165) is 27.6 Å². The molecular formula is C23H17Cl2NO2. The first-order valence-electron chi connectivity index (χ1n) is 8.78. The highest BCUT2D eigenvalue weighted by molar-refractivity contribution is 6.31. The van der Waals surface area contributed by atoms with Gasteiger partial charge in [-0.1, -0.05) is 65.7 Å². The van der Waals surface area contributed by atoms with Gasteiger partial charge in [-0.05, 0) is 41.5 Å². The molecule has 4 rings (SSSR count). The van der Waals surface area contributed by atoms with Crippen molar-refractivity contribution in [3.05, 3.63) is 98.8 Å². The van der Waals surface area contributed by atoms with Crippen LogP contribution in [0.3, 0.4) is 0 Å². The molecule has 3 aromatic carbocycles. The van der Waals surface area contributed by atoms with Gasteiger partial charge in [-0.25, -0.2) is 0 Å². The summed E-state index contributed by atoms with van der Waals surface area (Å²) in [5, 5.41) is 2.09. The lowest BCUT2D eigenvalue weighted by atomic mass is 9.99. The number of rotatable bonds is 4. The van der Waals surface area contributed by atoms with Crippen molar-refractivity contribution in [2.75, 3.05) is 7.11 Å². The standard InChI is InChI=1S/C23H17Cl2NO2/c1-28-22-21(16-7-3-2-4-8-16)19-13-18(25)10-11-20(19)26(23(22)27)14-15-6-5-9-17(24)12-15/h2-13H,14H2,1H3. The average molecular weight is 410 g/mol. The van der Waals surface area contributed by atoms with E-state index in [1.807, 2.05) is 66.7 Å². The Morgan fingerprint density at radius 2 is 1.64 bits per heavy atom. The maximum atomic E-state index is 13.4. The van der Waals surface area contributed by atoms with E-state index in [4.69, 9.17) is 27.9 Å². The van der Waals surface area contributed by atoms with Gasteiger partial charge in [-0.15, -0.1) is 0 Å². The van der Waals surface area contributed by atoms with Crippen molar-refractivity contribution < 1.29 is 4.74 Å². The van der Waals surface area contributed by atoms with Crippen molar-refractivity contribution in [3.8, 4) is 16.9 Å². The Hall–Kier alpha value is -2.75. The number of pyridine rings is 1. The predicted octanol–water partition coefficient (Wildman–Crippen LogP) is 6.03. The number of fused-ring (bicyclic) bond motifs is 1.